The van der Waals surface area contributed by atoms with E-state index in [0.29, 0.717) is 11.8 Å². The summed E-state index contributed by atoms with van der Waals surface area (Å²) in [6.45, 7) is 6.12. The molecule has 1 saturated carbocycles. The van der Waals surface area contributed by atoms with Gasteiger partial charge >= 0.3 is 0 Å². The highest BCUT2D eigenvalue weighted by Crippen LogP contribution is 2.53. The summed E-state index contributed by atoms with van der Waals surface area (Å²) in [4.78, 5) is 11.9. The van der Waals surface area contributed by atoms with Crippen LogP contribution in [0.3, 0.4) is 0 Å². The molecule has 2 atom stereocenters. The zero-order valence-electron chi connectivity index (χ0n) is 15.3. The first-order valence-corrected chi connectivity index (χ1v) is 9.59. The average Bonchev–Trinajstić information content (AvgIpc) is 3.01. The Bertz CT molecular complexity index is 999. The fourth-order valence-corrected chi connectivity index (χ4v) is 4.20. The van der Waals surface area contributed by atoms with Gasteiger partial charge in [-0.1, -0.05) is 11.6 Å². The summed E-state index contributed by atoms with van der Waals surface area (Å²) >= 11 is 6.29. The van der Waals surface area contributed by atoms with Crippen LogP contribution in [-0.2, 0) is 7.05 Å². The third kappa shape index (κ3) is 2.40. The van der Waals surface area contributed by atoms with Gasteiger partial charge in [0, 0.05) is 32.0 Å². The monoisotopic (exact) mass is 371 g/mol. The molecule has 7 nitrogen and oxygen atoms in total. The van der Waals surface area contributed by atoms with Crippen LogP contribution in [0.1, 0.15) is 54.0 Å². The highest BCUT2D eigenvalue weighted by Gasteiger charge is 2.46. The molecular formula is C18H22ClN7. The molecule has 8 heteroatoms. The zero-order chi connectivity index (χ0) is 18.0. The molecular weight excluding hydrogens is 350 g/mol. The summed E-state index contributed by atoms with van der Waals surface area (Å²) < 4.78 is 3.80. The van der Waals surface area contributed by atoms with E-state index in [1.165, 1.54) is 12.8 Å². The van der Waals surface area contributed by atoms with Gasteiger partial charge in [0.2, 0.25) is 5.95 Å². The normalized spacial score (nSPS) is 22.5. The lowest BCUT2D eigenvalue weighted by atomic mass is 10.2. The Morgan fingerprint density at radius 1 is 1.08 bits per heavy atom. The van der Waals surface area contributed by atoms with Crippen LogP contribution < -0.4 is 4.90 Å². The molecule has 5 rings (SSSR count). The highest BCUT2D eigenvalue weighted by atomic mass is 35.5. The maximum absolute atomic E-state index is 6.29. The first-order chi connectivity index (χ1) is 12.5. The van der Waals surface area contributed by atoms with E-state index in [-0.39, 0.29) is 0 Å². The molecule has 1 saturated heterocycles. The van der Waals surface area contributed by atoms with E-state index in [1.807, 2.05) is 36.2 Å². The van der Waals surface area contributed by atoms with Gasteiger partial charge in [-0.15, -0.1) is 5.10 Å². The highest BCUT2D eigenvalue weighted by molar-refractivity contribution is 6.31. The van der Waals surface area contributed by atoms with Crippen molar-refractivity contribution < 1.29 is 0 Å². The summed E-state index contributed by atoms with van der Waals surface area (Å²) in [5.74, 6) is 3.45. The van der Waals surface area contributed by atoms with Gasteiger partial charge in [0.15, 0.2) is 11.5 Å². The number of fused-ring (bicyclic) bond motifs is 1. The Hall–Kier alpha value is -2.15. The third-order valence-electron chi connectivity index (χ3n) is 5.61. The van der Waals surface area contributed by atoms with Crippen LogP contribution in [0.15, 0.2) is 6.07 Å². The smallest absolute Gasteiger partial charge is 0.244 e. The molecule has 1 aliphatic heterocycles. The quantitative estimate of drug-likeness (QED) is 0.708. The summed E-state index contributed by atoms with van der Waals surface area (Å²) in [7, 11) is 1.99. The molecule has 0 amide bonds. The molecule has 2 aliphatic rings. The van der Waals surface area contributed by atoms with Crippen LogP contribution in [0.2, 0.25) is 5.02 Å². The number of pyridine rings is 1. The van der Waals surface area contributed by atoms with Gasteiger partial charge in [-0.25, -0.2) is 9.50 Å². The minimum atomic E-state index is 0.307. The molecule has 0 aromatic carbocycles. The maximum atomic E-state index is 6.29. The fourth-order valence-electron chi connectivity index (χ4n) is 3.96. The Labute approximate surface area is 157 Å². The Morgan fingerprint density at radius 3 is 2.62 bits per heavy atom. The van der Waals surface area contributed by atoms with Crippen LogP contribution >= 0.6 is 11.6 Å². The van der Waals surface area contributed by atoms with Crippen molar-refractivity contribution in [2.24, 2.45) is 7.05 Å². The standard InChI is InChI=1S/C18H22ClN7/c1-10-8-14(19)11(2)26-16(10)20-15(22-26)12-9-13(12)17-21-18(23-24(17)3)25-6-4-5-7-25/h8,12-13H,4-7,9H2,1-3H3/t12?,13-/m0/s1. The second kappa shape index (κ2) is 5.67. The van der Waals surface area contributed by atoms with Crippen molar-refractivity contribution >= 4 is 23.2 Å². The molecule has 0 bridgehead atoms. The van der Waals surface area contributed by atoms with Gasteiger partial charge in [0.05, 0.1) is 10.7 Å². The zero-order valence-corrected chi connectivity index (χ0v) is 16.0. The topological polar surface area (TPSA) is 64.1 Å². The molecule has 3 aromatic rings. The third-order valence-corrected chi connectivity index (χ3v) is 5.99. The van der Waals surface area contributed by atoms with E-state index in [2.05, 4.69) is 10.00 Å². The van der Waals surface area contributed by atoms with Crippen molar-refractivity contribution in [1.82, 2.24) is 29.4 Å². The molecule has 0 radical (unpaired) electrons. The van der Waals surface area contributed by atoms with E-state index in [4.69, 9.17) is 26.7 Å². The number of hydrogen-bond acceptors (Lipinski definition) is 5. The fraction of sp³-hybridized carbons (Fsp3) is 0.556. The van der Waals surface area contributed by atoms with Crippen molar-refractivity contribution in [3.63, 3.8) is 0 Å². The lowest BCUT2D eigenvalue weighted by Gasteiger charge is -2.10. The number of halogens is 1. The molecule has 0 N–H and O–H groups in total. The van der Waals surface area contributed by atoms with Crippen LogP contribution in [-0.4, -0.2) is 42.5 Å². The van der Waals surface area contributed by atoms with Gasteiger partial charge < -0.3 is 4.90 Å². The number of nitrogens with zero attached hydrogens (tertiary/aromatic N) is 7. The first kappa shape index (κ1) is 16.1. The summed E-state index contributed by atoms with van der Waals surface area (Å²) in [6.07, 6.45) is 3.48. The van der Waals surface area contributed by atoms with Crippen molar-refractivity contribution in [2.45, 2.75) is 44.9 Å². The van der Waals surface area contributed by atoms with Gasteiger partial charge in [0.1, 0.15) is 5.82 Å². The lowest BCUT2D eigenvalue weighted by Crippen LogP contribution is -2.19. The van der Waals surface area contributed by atoms with Gasteiger partial charge in [-0.05, 0) is 44.7 Å². The number of aryl methyl sites for hydroxylation is 3. The van der Waals surface area contributed by atoms with Gasteiger partial charge in [-0.3, -0.25) is 4.68 Å². The van der Waals surface area contributed by atoms with E-state index >= 15 is 0 Å². The Morgan fingerprint density at radius 2 is 1.85 bits per heavy atom. The van der Waals surface area contributed by atoms with Crippen LogP contribution in [0, 0.1) is 13.8 Å². The van der Waals surface area contributed by atoms with E-state index in [0.717, 1.165) is 59.0 Å². The Kier molecular flexibility index (Phi) is 3.50. The number of aromatic nitrogens is 6. The minimum Gasteiger partial charge on any atom is -0.340 e. The SMILES string of the molecule is Cc1cc(Cl)c(C)n2nc(C3C[C@@H]3c3nc(N4CCCC4)nn3C)nc12. The van der Waals surface area contributed by atoms with E-state index in [9.17, 15) is 0 Å². The van der Waals surface area contributed by atoms with Crippen molar-refractivity contribution in [3.8, 4) is 0 Å². The van der Waals surface area contributed by atoms with Crippen molar-refractivity contribution in [1.29, 1.82) is 0 Å². The number of rotatable bonds is 3. The summed E-state index contributed by atoms with van der Waals surface area (Å²) in [5, 5.41) is 10.1. The van der Waals surface area contributed by atoms with Gasteiger partial charge in [-0.2, -0.15) is 10.1 Å². The average molecular weight is 372 g/mol. The van der Waals surface area contributed by atoms with Gasteiger partial charge in [0.25, 0.3) is 0 Å². The summed E-state index contributed by atoms with van der Waals surface area (Å²) in [6, 6.07) is 1.96. The molecule has 0 spiro atoms. The molecule has 4 heterocycles. The molecule has 1 aliphatic carbocycles. The van der Waals surface area contributed by atoms with Crippen LogP contribution in [0.25, 0.3) is 5.65 Å². The molecule has 136 valence electrons. The van der Waals surface area contributed by atoms with E-state index < -0.39 is 0 Å². The second-order valence-corrected chi connectivity index (χ2v) is 7.91. The lowest BCUT2D eigenvalue weighted by molar-refractivity contribution is 0.691. The largest absolute Gasteiger partial charge is 0.340 e. The van der Waals surface area contributed by atoms with Crippen molar-refractivity contribution in [2.75, 3.05) is 18.0 Å². The number of anilines is 1. The molecule has 3 aromatic heterocycles. The first-order valence-electron chi connectivity index (χ1n) is 9.21. The van der Waals surface area contributed by atoms with E-state index in [1.54, 1.807) is 0 Å². The molecule has 1 unspecified atom stereocenters. The predicted molar refractivity (Wildman–Crippen MR) is 100 cm³/mol. The predicted octanol–water partition coefficient (Wildman–Crippen LogP) is 3.00. The van der Waals surface area contributed by atoms with Crippen LogP contribution in [0.5, 0.6) is 0 Å². The Balaban J connectivity index is 1.45. The van der Waals surface area contributed by atoms with Crippen molar-refractivity contribution in [3.05, 3.63) is 34.0 Å². The summed E-state index contributed by atoms with van der Waals surface area (Å²) in [5.41, 5.74) is 2.87. The number of hydrogen-bond donors (Lipinski definition) is 0. The molecule has 2 fully saturated rings. The van der Waals surface area contributed by atoms with Crippen LogP contribution in [0.4, 0.5) is 5.95 Å². The maximum Gasteiger partial charge on any atom is 0.244 e. The molecule has 26 heavy (non-hydrogen) atoms. The second-order valence-electron chi connectivity index (χ2n) is 7.50. The minimum absolute atomic E-state index is 0.307.